The van der Waals surface area contributed by atoms with Gasteiger partial charge in [0.2, 0.25) is 0 Å². The number of hydrogen-bond acceptors (Lipinski definition) is 4. The third-order valence-corrected chi connectivity index (χ3v) is 4.39. The second kappa shape index (κ2) is 6.44. The molecule has 0 unspecified atom stereocenters. The Balaban J connectivity index is 1.45. The highest BCUT2D eigenvalue weighted by molar-refractivity contribution is 6.21. The normalized spacial score (nSPS) is 13.2. The maximum absolute atomic E-state index is 12.3. The van der Waals surface area contributed by atoms with E-state index in [0.717, 1.165) is 15.7 Å². The Labute approximate surface area is 149 Å². The van der Waals surface area contributed by atoms with Crippen molar-refractivity contribution in [2.45, 2.75) is 6.42 Å². The third kappa shape index (κ3) is 2.73. The molecule has 0 radical (unpaired) electrons. The molecule has 5 nitrogen and oxygen atoms in total. The third-order valence-electron chi connectivity index (χ3n) is 4.39. The first-order valence-corrected chi connectivity index (χ1v) is 8.29. The van der Waals surface area contributed by atoms with Gasteiger partial charge in [-0.2, -0.15) is 0 Å². The van der Waals surface area contributed by atoms with E-state index in [1.807, 2.05) is 36.4 Å². The molecule has 128 valence electrons. The predicted octanol–water partition coefficient (Wildman–Crippen LogP) is 3.43. The minimum atomic E-state index is -0.488. The molecule has 1 aliphatic rings. The lowest BCUT2D eigenvalue weighted by molar-refractivity contribution is -0.134. The number of esters is 1. The van der Waals surface area contributed by atoms with E-state index in [1.165, 1.54) is 0 Å². The summed E-state index contributed by atoms with van der Waals surface area (Å²) in [4.78, 5) is 37.9. The van der Waals surface area contributed by atoms with Crippen molar-refractivity contribution in [3.63, 3.8) is 0 Å². The average molecular weight is 345 g/mol. The number of carbonyl (C=O) groups excluding carboxylic acids is 3. The lowest BCUT2D eigenvalue weighted by Crippen LogP contribution is -2.32. The van der Waals surface area contributed by atoms with E-state index in [9.17, 15) is 14.4 Å². The number of ether oxygens (including phenoxy) is 1. The molecular formula is C21H15NO4. The average Bonchev–Trinajstić information content (AvgIpc) is 2.91. The predicted molar refractivity (Wildman–Crippen MR) is 96.0 cm³/mol. The Morgan fingerprint density at radius 2 is 1.42 bits per heavy atom. The van der Waals surface area contributed by atoms with Crippen LogP contribution in [0.1, 0.15) is 27.1 Å². The molecule has 0 fully saturated rings. The van der Waals surface area contributed by atoms with Gasteiger partial charge in [0.15, 0.2) is 0 Å². The van der Waals surface area contributed by atoms with Crippen LogP contribution in [0.15, 0.2) is 66.7 Å². The van der Waals surface area contributed by atoms with E-state index in [0.29, 0.717) is 16.9 Å². The van der Waals surface area contributed by atoms with Crippen molar-refractivity contribution < 1.29 is 19.1 Å². The van der Waals surface area contributed by atoms with E-state index in [-0.39, 0.29) is 24.8 Å². The van der Waals surface area contributed by atoms with E-state index < -0.39 is 5.97 Å². The summed E-state index contributed by atoms with van der Waals surface area (Å²) >= 11 is 0. The molecule has 0 bridgehead atoms. The monoisotopic (exact) mass is 345 g/mol. The smallest absolute Gasteiger partial charge is 0.313 e. The SMILES string of the molecule is O=C(CCN1C(=O)c2ccccc2C1=O)Oc1cccc2ccccc12. The molecule has 0 atom stereocenters. The first-order valence-electron chi connectivity index (χ1n) is 8.29. The number of imide groups is 1. The van der Waals surface area contributed by atoms with E-state index in [2.05, 4.69) is 0 Å². The summed E-state index contributed by atoms with van der Waals surface area (Å²) in [6.07, 6.45) is -0.0608. The molecule has 0 N–H and O–H groups in total. The van der Waals surface area contributed by atoms with E-state index >= 15 is 0 Å². The van der Waals surface area contributed by atoms with E-state index in [4.69, 9.17) is 4.74 Å². The van der Waals surface area contributed by atoms with Crippen LogP contribution in [-0.4, -0.2) is 29.2 Å². The molecule has 3 aromatic carbocycles. The molecule has 0 saturated heterocycles. The van der Waals surface area contributed by atoms with Crippen LogP contribution < -0.4 is 4.74 Å². The van der Waals surface area contributed by atoms with Gasteiger partial charge in [0.05, 0.1) is 17.5 Å². The highest BCUT2D eigenvalue weighted by atomic mass is 16.5. The molecule has 1 aliphatic heterocycles. The molecule has 0 saturated carbocycles. The first-order chi connectivity index (χ1) is 12.6. The van der Waals surface area contributed by atoms with Gasteiger partial charge in [-0.3, -0.25) is 19.3 Å². The number of hydrogen-bond donors (Lipinski definition) is 0. The van der Waals surface area contributed by atoms with Gasteiger partial charge < -0.3 is 4.74 Å². The van der Waals surface area contributed by atoms with Crippen LogP contribution >= 0.6 is 0 Å². The standard InChI is InChI=1S/C21H15NO4/c23-19(26-18-11-5-7-14-6-1-2-8-15(14)18)12-13-22-20(24)16-9-3-4-10-17(16)21(22)25/h1-11H,12-13H2. The molecule has 3 aromatic rings. The Kier molecular flexibility index (Phi) is 3.97. The number of amides is 2. The summed E-state index contributed by atoms with van der Waals surface area (Å²) in [6.45, 7) is -0.00402. The Morgan fingerprint density at radius 3 is 2.15 bits per heavy atom. The summed E-state index contributed by atoms with van der Waals surface area (Å²) in [7, 11) is 0. The summed E-state index contributed by atoms with van der Waals surface area (Å²) in [5.41, 5.74) is 0.750. The topological polar surface area (TPSA) is 63.7 Å². The van der Waals surface area contributed by atoms with Crippen LogP contribution in [0.2, 0.25) is 0 Å². The second-order valence-corrected chi connectivity index (χ2v) is 6.01. The molecule has 1 heterocycles. The van der Waals surface area contributed by atoms with Gasteiger partial charge in [0, 0.05) is 11.9 Å². The summed E-state index contributed by atoms with van der Waals surface area (Å²) < 4.78 is 5.45. The molecule has 4 rings (SSSR count). The number of benzene rings is 3. The molecule has 5 heteroatoms. The zero-order valence-electron chi connectivity index (χ0n) is 13.8. The number of nitrogens with zero attached hydrogens (tertiary/aromatic N) is 1. The number of rotatable bonds is 4. The molecule has 0 spiro atoms. The van der Waals surface area contributed by atoms with Crippen LogP contribution in [0, 0.1) is 0 Å². The maximum atomic E-state index is 12.3. The fourth-order valence-electron chi connectivity index (χ4n) is 3.10. The zero-order chi connectivity index (χ0) is 18.1. The first kappa shape index (κ1) is 16.0. The fraction of sp³-hybridized carbons (Fsp3) is 0.0952. The van der Waals surface area contributed by atoms with Crippen molar-refractivity contribution in [2.75, 3.05) is 6.54 Å². The lowest BCUT2D eigenvalue weighted by atomic mass is 10.1. The number of fused-ring (bicyclic) bond motifs is 2. The largest absolute Gasteiger partial charge is 0.426 e. The van der Waals surface area contributed by atoms with Gasteiger partial charge in [0.1, 0.15) is 5.75 Å². The molecule has 0 aromatic heterocycles. The Hall–Kier alpha value is -3.47. The van der Waals surface area contributed by atoms with E-state index in [1.54, 1.807) is 30.3 Å². The van der Waals surface area contributed by atoms with Crippen LogP contribution in [-0.2, 0) is 4.79 Å². The number of carbonyl (C=O) groups is 3. The van der Waals surface area contributed by atoms with Crippen LogP contribution in [0.4, 0.5) is 0 Å². The summed E-state index contributed by atoms with van der Waals surface area (Å²) in [5, 5.41) is 1.81. The van der Waals surface area contributed by atoms with Gasteiger partial charge in [-0.25, -0.2) is 0 Å². The molecule has 0 aliphatic carbocycles. The van der Waals surface area contributed by atoms with Gasteiger partial charge in [0.25, 0.3) is 11.8 Å². The van der Waals surface area contributed by atoms with Crippen molar-refractivity contribution in [3.8, 4) is 5.75 Å². The van der Waals surface area contributed by atoms with Gasteiger partial charge in [-0.05, 0) is 23.6 Å². The fourth-order valence-corrected chi connectivity index (χ4v) is 3.10. The van der Waals surface area contributed by atoms with Crippen molar-refractivity contribution >= 4 is 28.6 Å². The second-order valence-electron chi connectivity index (χ2n) is 6.01. The Bertz CT molecular complexity index is 1000. The van der Waals surface area contributed by atoms with Crippen LogP contribution in [0.3, 0.4) is 0 Å². The molecule has 26 heavy (non-hydrogen) atoms. The van der Waals surface area contributed by atoms with Gasteiger partial charge >= 0.3 is 5.97 Å². The molecular weight excluding hydrogens is 330 g/mol. The highest BCUT2D eigenvalue weighted by Crippen LogP contribution is 2.26. The van der Waals surface area contributed by atoms with Crippen molar-refractivity contribution in [1.82, 2.24) is 4.90 Å². The lowest BCUT2D eigenvalue weighted by Gasteiger charge is -2.13. The summed E-state index contributed by atoms with van der Waals surface area (Å²) in [5.74, 6) is -0.763. The van der Waals surface area contributed by atoms with Crippen LogP contribution in [0.25, 0.3) is 10.8 Å². The summed E-state index contributed by atoms with van der Waals surface area (Å²) in [6, 6.07) is 19.7. The van der Waals surface area contributed by atoms with Crippen molar-refractivity contribution in [3.05, 3.63) is 77.9 Å². The van der Waals surface area contributed by atoms with Crippen molar-refractivity contribution in [1.29, 1.82) is 0 Å². The van der Waals surface area contributed by atoms with Crippen molar-refractivity contribution in [2.24, 2.45) is 0 Å². The molecule has 2 amide bonds. The zero-order valence-corrected chi connectivity index (χ0v) is 13.8. The minimum absolute atomic E-state index is 0.00402. The minimum Gasteiger partial charge on any atom is -0.426 e. The highest BCUT2D eigenvalue weighted by Gasteiger charge is 2.35. The van der Waals surface area contributed by atoms with Gasteiger partial charge in [-0.15, -0.1) is 0 Å². The maximum Gasteiger partial charge on any atom is 0.313 e. The Morgan fingerprint density at radius 1 is 0.808 bits per heavy atom. The quantitative estimate of drug-likeness (QED) is 0.413. The van der Waals surface area contributed by atoms with Crippen LogP contribution in [0.5, 0.6) is 5.75 Å². The van der Waals surface area contributed by atoms with Gasteiger partial charge in [-0.1, -0.05) is 48.5 Å².